The molecule has 0 atom stereocenters. The van der Waals surface area contributed by atoms with Crippen molar-refractivity contribution in [3.05, 3.63) is 82.4 Å². The molecular formula is C19H16Cl2FN3OS. The Kier molecular flexibility index (Phi) is 6.77. The van der Waals surface area contributed by atoms with E-state index in [0.29, 0.717) is 23.1 Å². The Labute approximate surface area is 171 Å². The number of hydrogen-bond acceptors (Lipinski definition) is 4. The Morgan fingerprint density at radius 1 is 1.15 bits per heavy atom. The third-order valence-electron chi connectivity index (χ3n) is 3.64. The normalized spacial score (nSPS) is 10.8. The molecular weight excluding hydrogens is 408 g/mol. The maximum Gasteiger partial charge on any atom is 0.191 e. The van der Waals surface area contributed by atoms with E-state index in [1.807, 2.05) is 28.8 Å². The van der Waals surface area contributed by atoms with E-state index in [-0.39, 0.29) is 11.6 Å². The molecule has 0 spiro atoms. The van der Waals surface area contributed by atoms with Gasteiger partial charge < -0.3 is 4.74 Å². The van der Waals surface area contributed by atoms with Crippen LogP contribution in [0.5, 0.6) is 5.75 Å². The molecule has 0 unspecified atom stereocenters. The van der Waals surface area contributed by atoms with Gasteiger partial charge in [0, 0.05) is 17.3 Å². The van der Waals surface area contributed by atoms with E-state index in [4.69, 9.17) is 27.9 Å². The summed E-state index contributed by atoms with van der Waals surface area (Å²) in [6.07, 6.45) is 1.77. The van der Waals surface area contributed by atoms with Gasteiger partial charge in [-0.15, -0.1) is 16.8 Å². The number of aromatic nitrogens is 3. The summed E-state index contributed by atoms with van der Waals surface area (Å²) in [5, 5.41) is 10.1. The van der Waals surface area contributed by atoms with Crippen molar-refractivity contribution in [3.8, 4) is 5.75 Å². The number of halogens is 3. The van der Waals surface area contributed by atoms with Crippen LogP contribution in [0.2, 0.25) is 10.0 Å². The average Bonchev–Trinajstić information content (AvgIpc) is 3.03. The van der Waals surface area contributed by atoms with Gasteiger partial charge in [-0.3, -0.25) is 4.57 Å². The summed E-state index contributed by atoms with van der Waals surface area (Å²) in [6, 6.07) is 11.7. The van der Waals surface area contributed by atoms with Gasteiger partial charge in [0.2, 0.25) is 0 Å². The highest BCUT2D eigenvalue weighted by Crippen LogP contribution is 2.27. The van der Waals surface area contributed by atoms with Gasteiger partial charge in [-0.2, -0.15) is 0 Å². The van der Waals surface area contributed by atoms with Gasteiger partial charge in [-0.05, 0) is 35.9 Å². The Morgan fingerprint density at radius 3 is 2.63 bits per heavy atom. The van der Waals surface area contributed by atoms with Gasteiger partial charge in [-0.1, -0.05) is 53.2 Å². The highest BCUT2D eigenvalue weighted by Gasteiger charge is 2.13. The summed E-state index contributed by atoms with van der Waals surface area (Å²) in [6.45, 7) is 4.49. The fourth-order valence-corrected chi connectivity index (χ4v) is 3.58. The molecule has 3 rings (SSSR count). The molecule has 27 heavy (non-hydrogen) atoms. The molecule has 0 fully saturated rings. The van der Waals surface area contributed by atoms with E-state index in [1.54, 1.807) is 17.8 Å². The van der Waals surface area contributed by atoms with Crippen LogP contribution >= 0.6 is 35.0 Å². The molecule has 0 aliphatic carbocycles. The maximum absolute atomic E-state index is 13.1. The van der Waals surface area contributed by atoms with Crippen molar-refractivity contribution < 1.29 is 9.13 Å². The van der Waals surface area contributed by atoms with Gasteiger partial charge in [-0.25, -0.2) is 4.39 Å². The van der Waals surface area contributed by atoms with Crippen molar-refractivity contribution in [2.75, 3.05) is 0 Å². The zero-order valence-corrected chi connectivity index (χ0v) is 16.6. The Hall–Kier alpha value is -2.02. The van der Waals surface area contributed by atoms with E-state index in [2.05, 4.69) is 16.8 Å². The van der Waals surface area contributed by atoms with Crippen LogP contribution in [0.25, 0.3) is 0 Å². The molecule has 8 heteroatoms. The number of ether oxygens (including phenoxy) is 1. The molecule has 140 valence electrons. The molecule has 1 aromatic heterocycles. The molecule has 0 saturated carbocycles. The predicted octanol–water partition coefficient (Wildman–Crippen LogP) is 5.78. The first-order chi connectivity index (χ1) is 13.1. The molecule has 0 aliphatic rings. The largest absolute Gasteiger partial charge is 0.484 e. The van der Waals surface area contributed by atoms with Gasteiger partial charge in [0.25, 0.3) is 0 Å². The minimum absolute atomic E-state index is 0.160. The van der Waals surface area contributed by atoms with Crippen molar-refractivity contribution in [2.45, 2.75) is 24.1 Å². The van der Waals surface area contributed by atoms with Gasteiger partial charge >= 0.3 is 0 Å². The summed E-state index contributed by atoms with van der Waals surface area (Å²) in [5.41, 5.74) is 1.13. The number of rotatable bonds is 8. The number of hydrogen-bond donors (Lipinski definition) is 0. The third-order valence-corrected chi connectivity index (χ3v) is 5.22. The van der Waals surface area contributed by atoms with E-state index in [0.717, 1.165) is 16.5 Å². The van der Waals surface area contributed by atoms with Crippen LogP contribution in [0.1, 0.15) is 11.4 Å². The minimum atomic E-state index is -0.414. The second kappa shape index (κ2) is 9.26. The molecule has 0 aliphatic heterocycles. The van der Waals surface area contributed by atoms with Crippen LogP contribution in [0.4, 0.5) is 4.39 Å². The SMILES string of the molecule is C=CCn1c(COc2ccc(F)cc2Cl)nnc1SCc1ccc(Cl)cc1. The van der Waals surface area contributed by atoms with E-state index < -0.39 is 5.82 Å². The van der Waals surface area contributed by atoms with E-state index in [9.17, 15) is 4.39 Å². The third kappa shape index (κ3) is 5.25. The Bertz CT molecular complexity index is 931. The lowest BCUT2D eigenvalue weighted by Crippen LogP contribution is -2.07. The number of benzene rings is 2. The lowest BCUT2D eigenvalue weighted by Gasteiger charge is -2.10. The summed E-state index contributed by atoms with van der Waals surface area (Å²) in [4.78, 5) is 0. The monoisotopic (exact) mass is 423 g/mol. The van der Waals surface area contributed by atoms with Crippen molar-refractivity contribution in [1.29, 1.82) is 0 Å². The highest BCUT2D eigenvalue weighted by atomic mass is 35.5. The quantitative estimate of drug-likeness (QED) is 0.340. The lowest BCUT2D eigenvalue weighted by atomic mass is 10.2. The first-order valence-electron chi connectivity index (χ1n) is 8.05. The standard InChI is InChI=1S/C19H16Cl2FN3OS/c1-2-9-25-18(11-26-17-8-7-15(22)10-16(17)21)23-24-19(25)27-12-13-3-5-14(20)6-4-13/h2-8,10H,1,9,11-12H2. The number of nitrogens with zero attached hydrogens (tertiary/aromatic N) is 3. The summed E-state index contributed by atoms with van der Waals surface area (Å²) in [7, 11) is 0. The molecule has 1 heterocycles. The zero-order chi connectivity index (χ0) is 19.2. The Morgan fingerprint density at radius 2 is 1.93 bits per heavy atom. The highest BCUT2D eigenvalue weighted by molar-refractivity contribution is 7.98. The maximum atomic E-state index is 13.1. The molecule has 4 nitrogen and oxygen atoms in total. The molecule has 3 aromatic rings. The lowest BCUT2D eigenvalue weighted by molar-refractivity contribution is 0.289. The van der Waals surface area contributed by atoms with E-state index >= 15 is 0 Å². The fraction of sp³-hybridized carbons (Fsp3) is 0.158. The Balaban J connectivity index is 1.70. The topological polar surface area (TPSA) is 39.9 Å². The number of thioether (sulfide) groups is 1. The van der Waals surface area contributed by atoms with Crippen molar-refractivity contribution in [2.24, 2.45) is 0 Å². The van der Waals surface area contributed by atoms with Crippen LogP contribution < -0.4 is 4.74 Å². The molecule has 0 radical (unpaired) electrons. The van der Waals surface area contributed by atoms with Crippen LogP contribution in [-0.4, -0.2) is 14.8 Å². The van der Waals surface area contributed by atoms with Crippen molar-refractivity contribution in [3.63, 3.8) is 0 Å². The van der Waals surface area contributed by atoms with Gasteiger partial charge in [0.1, 0.15) is 18.2 Å². The molecule has 0 bridgehead atoms. The predicted molar refractivity (Wildman–Crippen MR) is 107 cm³/mol. The van der Waals surface area contributed by atoms with Gasteiger partial charge in [0.05, 0.1) is 5.02 Å². The minimum Gasteiger partial charge on any atom is -0.484 e. The van der Waals surface area contributed by atoms with Crippen LogP contribution in [0.15, 0.2) is 60.3 Å². The summed E-state index contributed by atoms with van der Waals surface area (Å²) in [5.74, 6) is 1.34. The zero-order valence-electron chi connectivity index (χ0n) is 14.2. The summed E-state index contributed by atoms with van der Waals surface area (Å²) < 4.78 is 20.7. The summed E-state index contributed by atoms with van der Waals surface area (Å²) >= 11 is 13.5. The van der Waals surface area contributed by atoms with Crippen LogP contribution in [-0.2, 0) is 18.9 Å². The first-order valence-corrected chi connectivity index (χ1v) is 9.79. The second-order valence-corrected chi connectivity index (χ2v) is 7.36. The van der Waals surface area contributed by atoms with Crippen LogP contribution in [0, 0.1) is 5.82 Å². The van der Waals surface area contributed by atoms with Crippen LogP contribution in [0.3, 0.4) is 0 Å². The fourth-order valence-electron chi connectivity index (χ4n) is 2.31. The average molecular weight is 424 g/mol. The van der Waals surface area contributed by atoms with E-state index in [1.165, 1.54) is 18.2 Å². The van der Waals surface area contributed by atoms with Gasteiger partial charge in [0.15, 0.2) is 11.0 Å². The molecule has 0 amide bonds. The number of allylic oxidation sites excluding steroid dienone is 1. The molecule has 0 saturated heterocycles. The molecule has 0 N–H and O–H groups in total. The van der Waals surface area contributed by atoms with Crippen molar-refractivity contribution >= 4 is 35.0 Å². The molecule has 2 aromatic carbocycles. The first kappa shape index (κ1) is 19.7. The second-order valence-electron chi connectivity index (χ2n) is 5.58. The smallest absolute Gasteiger partial charge is 0.191 e. The van der Waals surface area contributed by atoms with Crippen molar-refractivity contribution in [1.82, 2.24) is 14.8 Å².